The number of carbonyl (C=O) groups is 1. The fourth-order valence-corrected chi connectivity index (χ4v) is 5.02. The Morgan fingerprint density at radius 3 is 2.61 bits per heavy atom. The normalized spacial score (nSPS) is 15.7. The molecule has 174 valence electrons. The number of aromatic nitrogens is 1. The van der Waals surface area contributed by atoms with Crippen LogP contribution >= 0.6 is 15.9 Å². The van der Waals surface area contributed by atoms with Gasteiger partial charge >= 0.3 is 5.97 Å². The molecule has 3 nitrogen and oxygen atoms in total. The quantitative estimate of drug-likeness (QED) is 0.256. The Hall–Kier alpha value is -2.40. The lowest BCUT2D eigenvalue weighted by atomic mass is 9.84. The van der Waals surface area contributed by atoms with Gasteiger partial charge in [0.2, 0.25) is 0 Å². The topological polar surface area (TPSA) is 31.2 Å². The second-order valence-electron chi connectivity index (χ2n) is 9.90. The molecular formula is C28H31BrFNO2. The molecule has 1 aromatic heterocycles. The number of ether oxygens (including phenoxy) is 1. The molecule has 1 saturated carbocycles. The van der Waals surface area contributed by atoms with Gasteiger partial charge in [-0.05, 0) is 81.0 Å². The lowest BCUT2D eigenvalue weighted by molar-refractivity contribution is -0.150. The van der Waals surface area contributed by atoms with Crippen LogP contribution in [0.1, 0.15) is 69.9 Å². The van der Waals surface area contributed by atoms with Crippen LogP contribution in [0, 0.1) is 5.82 Å². The third kappa shape index (κ3) is 5.75. The van der Waals surface area contributed by atoms with Crippen LogP contribution in [0.5, 0.6) is 0 Å². The summed E-state index contributed by atoms with van der Waals surface area (Å²) in [6.07, 6.45) is 10.2. The molecule has 0 amide bonds. The molecule has 4 rings (SSSR count). The van der Waals surface area contributed by atoms with Crippen molar-refractivity contribution >= 4 is 38.9 Å². The van der Waals surface area contributed by atoms with Crippen molar-refractivity contribution < 1.29 is 13.9 Å². The Morgan fingerprint density at radius 1 is 1.15 bits per heavy atom. The van der Waals surface area contributed by atoms with E-state index < -0.39 is 11.6 Å². The molecule has 1 heterocycles. The van der Waals surface area contributed by atoms with Gasteiger partial charge in [0, 0.05) is 21.6 Å². The van der Waals surface area contributed by atoms with Crippen molar-refractivity contribution in [1.82, 2.24) is 4.57 Å². The maximum absolute atomic E-state index is 13.9. The standard InChI is InChI=1S/C28H31BrFNO2/c1-28(2,3)33-27(32)21(15-20-16-22(30)13-14-25(20)29)17-31-18-24(19-9-5-4-6-10-19)23-11-7-8-12-26(23)31/h7-8,11-16,18-19H,4-6,9-10,17H2,1-3H3/b21-15+. The summed E-state index contributed by atoms with van der Waals surface area (Å²) >= 11 is 3.48. The number of hydrogen-bond acceptors (Lipinski definition) is 2. The largest absolute Gasteiger partial charge is 0.457 e. The Kier molecular flexibility index (Phi) is 7.08. The zero-order valence-electron chi connectivity index (χ0n) is 19.5. The molecule has 0 radical (unpaired) electrons. The molecule has 0 N–H and O–H groups in total. The first-order valence-electron chi connectivity index (χ1n) is 11.7. The Balaban J connectivity index is 1.77. The highest BCUT2D eigenvalue weighted by molar-refractivity contribution is 9.10. The van der Waals surface area contributed by atoms with Crippen LogP contribution < -0.4 is 0 Å². The van der Waals surface area contributed by atoms with Gasteiger partial charge in [-0.2, -0.15) is 0 Å². The first-order valence-corrected chi connectivity index (χ1v) is 12.5. The van der Waals surface area contributed by atoms with Crippen LogP contribution in [0.3, 0.4) is 0 Å². The van der Waals surface area contributed by atoms with Crippen molar-refractivity contribution in [2.75, 3.05) is 0 Å². The van der Waals surface area contributed by atoms with E-state index in [1.54, 1.807) is 12.1 Å². The molecule has 2 aromatic carbocycles. The minimum absolute atomic E-state index is 0.348. The zero-order valence-corrected chi connectivity index (χ0v) is 21.1. The fourth-order valence-electron chi connectivity index (χ4n) is 4.65. The number of halogens is 2. The van der Waals surface area contributed by atoms with Gasteiger partial charge in [0.1, 0.15) is 11.4 Å². The molecule has 0 spiro atoms. The van der Waals surface area contributed by atoms with Gasteiger partial charge in [0.15, 0.2) is 0 Å². The van der Waals surface area contributed by atoms with E-state index in [0.717, 1.165) is 9.99 Å². The first kappa shape index (κ1) is 23.7. The summed E-state index contributed by atoms with van der Waals surface area (Å²) in [5.41, 5.74) is 2.93. The number of carbonyl (C=O) groups excluding carboxylic acids is 1. The fraction of sp³-hybridized carbons (Fsp3) is 0.393. The second kappa shape index (κ2) is 9.84. The number of benzene rings is 2. The van der Waals surface area contributed by atoms with Crippen molar-refractivity contribution in [1.29, 1.82) is 0 Å². The second-order valence-corrected chi connectivity index (χ2v) is 10.8. The van der Waals surface area contributed by atoms with Gasteiger partial charge in [-0.15, -0.1) is 0 Å². The van der Waals surface area contributed by atoms with E-state index in [-0.39, 0.29) is 5.82 Å². The highest BCUT2D eigenvalue weighted by atomic mass is 79.9. The van der Waals surface area contributed by atoms with E-state index >= 15 is 0 Å². The van der Waals surface area contributed by atoms with Gasteiger partial charge in [0.25, 0.3) is 0 Å². The Bertz CT molecular complexity index is 1180. The van der Waals surface area contributed by atoms with Crippen molar-refractivity contribution in [3.63, 3.8) is 0 Å². The van der Waals surface area contributed by atoms with Gasteiger partial charge in [-0.1, -0.05) is 53.4 Å². The van der Waals surface area contributed by atoms with E-state index in [4.69, 9.17) is 4.74 Å². The molecule has 3 aromatic rings. The monoisotopic (exact) mass is 511 g/mol. The predicted octanol–water partition coefficient (Wildman–Crippen LogP) is 8.02. The number of esters is 1. The van der Waals surface area contributed by atoms with Crippen LogP contribution in [0.25, 0.3) is 17.0 Å². The van der Waals surface area contributed by atoms with Gasteiger partial charge in [-0.3, -0.25) is 0 Å². The lowest BCUT2D eigenvalue weighted by Gasteiger charge is -2.21. The molecule has 1 aliphatic carbocycles. The maximum atomic E-state index is 13.9. The maximum Gasteiger partial charge on any atom is 0.336 e. The average Bonchev–Trinajstić information content (AvgIpc) is 3.14. The van der Waals surface area contributed by atoms with E-state index in [9.17, 15) is 9.18 Å². The van der Waals surface area contributed by atoms with Crippen molar-refractivity contribution in [3.8, 4) is 0 Å². The highest BCUT2D eigenvalue weighted by Gasteiger charge is 2.24. The van der Waals surface area contributed by atoms with E-state index in [2.05, 4.69) is 44.9 Å². The van der Waals surface area contributed by atoms with Crippen LogP contribution in [-0.2, 0) is 16.1 Å². The summed E-state index contributed by atoms with van der Waals surface area (Å²) in [5.74, 6) is -0.189. The summed E-state index contributed by atoms with van der Waals surface area (Å²) in [6, 6.07) is 12.9. The molecule has 5 heteroatoms. The van der Waals surface area contributed by atoms with Crippen molar-refractivity contribution in [2.24, 2.45) is 0 Å². The van der Waals surface area contributed by atoms with Gasteiger partial charge < -0.3 is 9.30 Å². The van der Waals surface area contributed by atoms with Gasteiger partial charge in [0.05, 0.1) is 12.1 Å². The smallest absolute Gasteiger partial charge is 0.336 e. The van der Waals surface area contributed by atoms with Crippen molar-refractivity contribution in [2.45, 2.75) is 70.9 Å². The molecule has 0 aliphatic heterocycles. The molecule has 0 saturated heterocycles. The minimum Gasteiger partial charge on any atom is -0.457 e. The summed E-state index contributed by atoms with van der Waals surface area (Å²) in [7, 11) is 0. The number of hydrogen-bond donors (Lipinski definition) is 0. The van der Waals surface area contributed by atoms with Crippen LogP contribution in [0.4, 0.5) is 4.39 Å². The number of nitrogens with zero attached hydrogens (tertiary/aromatic N) is 1. The van der Waals surface area contributed by atoms with Crippen molar-refractivity contribution in [3.05, 3.63) is 75.7 Å². The molecule has 0 unspecified atom stereocenters. The number of fused-ring (bicyclic) bond motifs is 1. The summed E-state index contributed by atoms with van der Waals surface area (Å²) < 4.78 is 22.5. The summed E-state index contributed by atoms with van der Waals surface area (Å²) in [5, 5.41) is 1.25. The third-order valence-electron chi connectivity index (χ3n) is 6.15. The minimum atomic E-state index is -0.624. The molecule has 0 atom stereocenters. The van der Waals surface area contributed by atoms with E-state index in [1.807, 2.05) is 26.8 Å². The predicted molar refractivity (Wildman–Crippen MR) is 136 cm³/mol. The molecule has 1 fully saturated rings. The van der Waals surface area contributed by atoms with E-state index in [0.29, 0.717) is 23.6 Å². The summed E-state index contributed by atoms with van der Waals surface area (Å²) in [4.78, 5) is 13.2. The molecule has 1 aliphatic rings. The summed E-state index contributed by atoms with van der Waals surface area (Å²) in [6.45, 7) is 5.91. The van der Waals surface area contributed by atoms with Gasteiger partial charge in [-0.25, -0.2) is 9.18 Å². The number of rotatable bonds is 5. The zero-order chi connectivity index (χ0) is 23.6. The van der Waals surface area contributed by atoms with Crippen LogP contribution in [0.2, 0.25) is 0 Å². The highest BCUT2D eigenvalue weighted by Crippen LogP contribution is 2.37. The number of para-hydroxylation sites is 1. The lowest BCUT2D eigenvalue weighted by Crippen LogP contribution is -2.26. The average molecular weight is 512 g/mol. The molecule has 33 heavy (non-hydrogen) atoms. The molecule has 0 bridgehead atoms. The van der Waals surface area contributed by atoms with Crippen LogP contribution in [-0.4, -0.2) is 16.1 Å². The Labute approximate surface area is 203 Å². The Morgan fingerprint density at radius 2 is 1.88 bits per heavy atom. The molecular weight excluding hydrogens is 481 g/mol. The SMILES string of the molecule is CC(C)(C)OC(=O)/C(=C/c1cc(F)ccc1Br)Cn1cc(C2CCCCC2)c2ccccc21. The van der Waals surface area contributed by atoms with E-state index in [1.165, 1.54) is 55.2 Å². The first-order chi connectivity index (χ1) is 15.7. The van der Waals surface area contributed by atoms with Crippen LogP contribution in [0.15, 0.2) is 58.7 Å². The third-order valence-corrected chi connectivity index (χ3v) is 6.88.